The fourth-order valence-corrected chi connectivity index (χ4v) is 1.87. The normalized spacial score (nSPS) is 11.0. The highest BCUT2D eigenvalue weighted by Crippen LogP contribution is 2.09. The van der Waals surface area contributed by atoms with Crippen molar-refractivity contribution in [3.8, 4) is 0 Å². The lowest BCUT2D eigenvalue weighted by atomic mass is 10.4. The molecule has 0 unspecified atom stereocenters. The molecule has 0 atom stereocenters. The second kappa shape index (κ2) is 4.13. The van der Waals surface area contributed by atoms with Crippen LogP contribution in [0.15, 0.2) is 9.59 Å². The van der Waals surface area contributed by atoms with Gasteiger partial charge in [-0.2, -0.15) is 0 Å². The van der Waals surface area contributed by atoms with Crippen LogP contribution in [0, 0.1) is 0 Å². The monoisotopic (exact) mass is 252 g/mol. The fourth-order valence-electron chi connectivity index (χ4n) is 1.87. The molecule has 2 N–H and O–H groups in total. The van der Waals surface area contributed by atoms with Gasteiger partial charge in [0.15, 0.2) is 11.2 Å². The summed E-state index contributed by atoms with van der Waals surface area (Å²) in [7, 11) is 1.43. The average Bonchev–Trinajstić information content (AvgIpc) is 2.62. The van der Waals surface area contributed by atoms with Crippen LogP contribution in [0.1, 0.15) is 24.0 Å². The summed E-state index contributed by atoms with van der Waals surface area (Å²) < 4.78 is 2.44. The molecule has 2 aromatic heterocycles. The second-order valence-electron chi connectivity index (χ2n) is 3.88. The zero-order valence-corrected chi connectivity index (χ0v) is 9.93. The average molecular weight is 252 g/mol. The first-order valence-electron chi connectivity index (χ1n) is 5.40. The predicted octanol–water partition coefficient (Wildman–Crippen LogP) is -0.468. The zero-order chi connectivity index (χ0) is 13.4. The van der Waals surface area contributed by atoms with E-state index in [0.717, 1.165) is 0 Å². The predicted molar refractivity (Wildman–Crippen MR) is 62.8 cm³/mol. The Kier molecular flexibility index (Phi) is 2.77. The molecular weight excluding hydrogens is 240 g/mol. The van der Waals surface area contributed by atoms with E-state index in [9.17, 15) is 14.4 Å². The Morgan fingerprint density at radius 2 is 2.11 bits per heavy atom. The number of H-pyrrole nitrogens is 1. The first-order valence-corrected chi connectivity index (χ1v) is 5.40. The van der Waals surface area contributed by atoms with Crippen molar-refractivity contribution in [1.82, 2.24) is 19.1 Å². The van der Waals surface area contributed by atoms with Gasteiger partial charge in [-0.15, -0.1) is 0 Å². The smallest absolute Gasteiger partial charge is 0.372 e. The Morgan fingerprint density at radius 3 is 2.67 bits per heavy atom. The number of hydrogen-bond donors (Lipinski definition) is 2. The van der Waals surface area contributed by atoms with Gasteiger partial charge in [0.2, 0.25) is 5.82 Å². The highest BCUT2D eigenvalue weighted by atomic mass is 16.4. The number of aromatic nitrogens is 4. The van der Waals surface area contributed by atoms with Crippen LogP contribution in [0.25, 0.3) is 11.2 Å². The quantitative estimate of drug-likeness (QED) is 0.767. The molecule has 0 saturated carbocycles. The van der Waals surface area contributed by atoms with Gasteiger partial charge in [-0.3, -0.25) is 14.3 Å². The summed E-state index contributed by atoms with van der Waals surface area (Å²) in [4.78, 5) is 40.3. The number of carbonyl (C=O) groups is 1. The van der Waals surface area contributed by atoms with Gasteiger partial charge in [-0.05, 0) is 6.42 Å². The number of rotatable bonds is 3. The van der Waals surface area contributed by atoms with Gasteiger partial charge in [0.25, 0.3) is 5.56 Å². The minimum absolute atomic E-state index is 0.0838. The van der Waals surface area contributed by atoms with E-state index in [4.69, 9.17) is 5.11 Å². The van der Waals surface area contributed by atoms with Gasteiger partial charge < -0.3 is 9.67 Å². The molecule has 0 fully saturated rings. The number of imidazole rings is 1. The molecule has 2 heterocycles. The molecular formula is C10H12N4O4. The minimum atomic E-state index is -1.25. The number of hydrogen-bond acceptors (Lipinski definition) is 4. The lowest BCUT2D eigenvalue weighted by Crippen LogP contribution is -2.30. The number of carboxylic acids is 1. The third-order valence-electron chi connectivity index (χ3n) is 2.65. The maximum atomic E-state index is 11.7. The van der Waals surface area contributed by atoms with Crippen LogP contribution < -0.4 is 11.2 Å². The molecule has 0 saturated heterocycles. The van der Waals surface area contributed by atoms with Gasteiger partial charge in [-0.25, -0.2) is 14.6 Å². The van der Waals surface area contributed by atoms with Crippen LogP contribution in [0.4, 0.5) is 0 Å². The summed E-state index contributed by atoms with van der Waals surface area (Å²) in [5, 5.41) is 8.96. The van der Waals surface area contributed by atoms with Crippen molar-refractivity contribution in [2.45, 2.75) is 19.9 Å². The third kappa shape index (κ3) is 1.62. The molecule has 0 aliphatic heterocycles. The topological polar surface area (TPSA) is 110 Å². The van der Waals surface area contributed by atoms with E-state index in [1.54, 1.807) is 0 Å². The summed E-state index contributed by atoms with van der Waals surface area (Å²) in [5.74, 6) is -1.52. The standard InChI is InChI=1S/C10H12N4O4/c1-3-4-14-6-5(8(15)12-10(14)18)13(2)7(11-6)9(16)17/h3-4H2,1-2H3,(H,16,17)(H,12,15,18). The van der Waals surface area contributed by atoms with Crippen molar-refractivity contribution in [3.63, 3.8) is 0 Å². The van der Waals surface area contributed by atoms with Crippen molar-refractivity contribution in [1.29, 1.82) is 0 Å². The highest BCUT2D eigenvalue weighted by molar-refractivity contribution is 5.88. The van der Waals surface area contributed by atoms with Gasteiger partial charge in [0, 0.05) is 13.6 Å². The third-order valence-corrected chi connectivity index (χ3v) is 2.65. The first-order chi connectivity index (χ1) is 8.47. The summed E-state index contributed by atoms with van der Waals surface area (Å²) in [6.45, 7) is 2.23. The van der Waals surface area contributed by atoms with Crippen molar-refractivity contribution in [2.75, 3.05) is 0 Å². The molecule has 0 aromatic carbocycles. The molecule has 8 nitrogen and oxygen atoms in total. The van der Waals surface area contributed by atoms with Crippen LogP contribution in [0.5, 0.6) is 0 Å². The SMILES string of the molecule is CCCn1c(=O)[nH]c(=O)c2c1nc(C(=O)O)n2C. The van der Waals surface area contributed by atoms with E-state index >= 15 is 0 Å². The summed E-state index contributed by atoms with van der Waals surface area (Å²) in [6.07, 6.45) is 0.667. The van der Waals surface area contributed by atoms with Crippen LogP contribution >= 0.6 is 0 Å². The molecule has 96 valence electrons. The van der Waals surface area contributed by atoms with E-state index in [2.05, 4.69) is 9.97 Å². The number of nitrogens with one attached hydrogen (secondary N) is 1. The molecule has 2 rings (SSSR count). The molecule has 0 aliphatic rings. The Labute approximate surface area is 101 Å². The van der Waals surface area contributed by atoms with E-state index in [-0.39, 0.29) is 17.0 Å². The van der Waals surface area contributed by atoms with Crippen molar-refractivity contribution in [3.05, 3.63) is 26.7 Å². The number of aromatic carboxylic acids is 1. The molecule has 0 amide bonds. The Bertz CT molecular complexity index is 737. The van der Waals surface area contributed by atoms with Gasteiger partial charge in [0.05, 0.1) is 0 Å². The summed E-state index contributed by atoms with van der Waals surface area (Å²) >= 11 is 0. The van der Waals surface area contributed by atoms with Crippen LogP contribution in [0.2, 0.25) is 0 Å². The van der Waals surface area contributed by atoms with E-state index in [1.165, 1.54) is 16.2 Å². The number of fused-ring (bicyclic) bond motifs is 1. The van der Waals surface area contributed by atoms with Crippen LogP contribution in [-0.4, -0.2) is 30.2 Å². The van der Waals surface area contributed by atoms with Crippen molar-refractivity contribution in [2.24, 2.45) is 7.05 Å². The van der Waals surface area contributed by atoms with Gasteiger partial charge in [-0.1, -0.05) is 6.92 Å². The number of nitrogens with zero attached hydrogens (tertiary/aromatic N) is 3. The number of carboxylic acid groups (broad SMARTS) is 1. The molecule has 18 heavy (non-hydrogen) atoms. The highest BCUT2D eigenvalue weighted by Gasteiger charge is 2.19. The molecule has 0 bridgehead atoms. The second-order valence-corrected chi connectivity index (χ2v) is 3.88. The Morgan fingerprint density at radius 1 is 1.44 bits per heavy atom. The zero-order valence-electron chi connectivity index (χ0n) is 9.93. The van der Waals surface area contributed by atoms with Gasteiger partial charge >= 0.3 is 11.7 Å². The fraction of sp³-hybridized carbons (Fsp3) is 0.400. The molecule has 0 aliphatic carbocycles. The maximum absolute atomic E-state index is 11.7. The Balaban J connectivity index is 2.95. The van der Waals surface area contributed by atoms with E-state index < -0.39 is 17.2 Å². The van der Waals surface area contributed by atoms with Crippen molar-refractivity contribution >= 4 is 17.1 Å². The summed E-state index contributed by atoms with van der Waals surface area (Å²) in [5.41, 5.74) is -1.03. The Hall–Kier alpha value is -2.38. The minimum Gasteiger partial charge on any atom is -0.475 e. The maximum Gasteiger partial charge on any atom is 0.372 e. The number of aromatic amines is 1. The largest absolute Gasteiger partial charge is 0.475 e. The summed E-state index contributed by atoms with van der Waals surface area (Å²) in [6, 6.07) is 0. The van der Waals surface area contributed by atoms with Crippen molar-refractivity contribution < 1.29 is 9.90 Å². The number of aryl methyl sites for hydroxylation is 2. The molecule has 0 radical (unpaired) electrons. The molecule has 2 aromatic rings. The van der Waals surface area contributed by atoms with E-state index in [0.29, 0.717) is 13.0 Å². The first kappa shape index (κ1) is 12.1. The van der Waals surface area contributed by atoms with Crippen LogP contribution in [0.3, 0.4) is 0 Å². The van der Waals surface area contributed by atoms with Gasteiger partial charge in [0.1, 0.15) is 0 Å². The van der Waals surface area contributed by atoms with Crippen LogP contribution in [-0.2, 0) is 13.6 Å². The lowest BCUT2D eigenvalue weighted by molar-refractivity contribution is 0.0680. The molecule has 0 spiro atoms. The lowest BCUT2D eigenvalue weighted by Gasteiger charge is -2.03. The molecule has 8 heteroatoms. The van der Waals surface area contributed by atoms with E-state index in [1.807, 2.05) is 6.92 Å².